The lowest BCUT2D eigenvalue weighted by Crippen LogP contribution is -2.61. The van der Waals surface area contributed by atoms with E-state index in [1.165, 1.54) is 18.7 Å². The second-order valence-corrected chi connectivity index (χ2v) is 17.3. The molecule has 1 heterocycles. The van der Waals surface area contributed by atoms with Crippen molar-refractivity contribution in [3.05, 3.63) is 0 Å². The van der Waals surface area contributed by atoms with Gasteiger partial charge in [-0.1, -0.05) is 48.0 Å². The van der Waals surface area contributed by atoms with Crippen molar-refractivity contribution in [2.24, 2.45) is 39.9 Å². The predicted molar refractivity (Wildman–Crippen MR) is 238 cm³/mol. The summed E-state index contributed by atoms with van der Waals surface area (Å²) in [6.07, 6.45) is 1.38. The second-order valence-electron chi connectivity index (χ2n) is 17.3. The number of rotatable bonds is 28. The van der Waals surface area contributed by atoms with Gasteiger partial charge in [-0.25, -0.2) is 0 Å². The highest BCUT2D eigenvalue weighted by Gasteiger charge is 2.41. The molecule has 24 nitrogen and oxygen atoms in total. The Morgan fingerprint density at radius 1 is 0.662 bits per heavy atom. The van der Waals surface area contributed by atoms with Crippen molar-refractivity contribution in [1.82, 2.24) is 42.1 Å². The van der Waals surface area contributed by atoms with Gasteiger partial charge in [-0.15, -0.1) is 0 Å². The molecule has 0 aromatic rings. The number of nitrogens with one attached hydrogen (secondary N) is 7. The molecule has 65 heavy (non-hydrogen) atoms. The van der Waals surface area contributed by atoms with Crippen LogP contribution in [0.25, 0.3) is 0 Å². The van der Waals surface area contributed by atoms with Crippen molar-refractivity contribution in [3.63, 3.8) is 0 Å². The minimum absolute atomic E-state index is 0.0445. The molecule has 10 atom stereocenters. The fourth-order valence-corrected chi connectivity index (χ4v) is 6.74. The van der Waals surface area contributed by atoms with Crippen LogP contribution in [-0.4, -0.2) is 160 Å². The Morgan fingerprint density at radius 2 is 1.17 bits per heavy atom. The monoisotopic (exact) mass is 927 g/mol. The lowest BCUT2D eigenvalue weighted by molar-refractivity contribution is -0.145. The molecular formula is C41H74N12O12. The summed E-state index contributed by atoms with van der Waals surface area (Å²) in [6.45, 7) is 11.9. The molecular weight excluding hydrogens is 853 g/mol. The van der Waals surface area contributed by atoms with Gasteiger partial charge < -0.3 is 74.6 Å². The lowest BCUT2D eigenvalue weighted by atomic mass is 9.96. The Labute approximate surface area is 380 Å². The molecule has 0 aromatic carbocycles. The fraction of sp³-hybridized carbons (Fsp3) is 0.756. The fourth-order valence-electron chi connectivity index (χ4n) is 6.74. The molecule has 1 rings (SSSR count). The summed E-state index contributed by atoms with van der Waals surface area (Å²) in [4.78, 5) is 124. The van der Waals surface area contributed by atoms with Crippen molar-refractivity contribution in [2.75, 3.05) is 26.3 Å². The van der Waals surface area contributed by atoms with E-state index >= 15 is 0 Å². The van der Waals surface area contributed by atoms with Crippen molar-refractivity contribution in [1.29, 1.82) is 0 Å². The number of carboxylic acid groups (broad SMARTS) is 1. The standard InChI is InChI=1S/C41H74N12O12/c1-9-22(6)31(39(63)53-15-11-13-30(53)38(62)47-24(8)40(64)65)52-37(61)29(19-55)51-34(58)26(12-10-14-45-41(43)44)48-35(59)28(17-21(4)5)50-36(60)27(16-20(2)3)49-32(56)23(7)46-33(57)25(42)18-54/h20-31,54-55H,9-19,42H2,1-8H3,(H,46,57)(H,47,62)(H,48,59)(H,49,56)(H,50,60)(H,51,58)(H,52,61)(H,64,65)(H4,43,44,45)/t22-,23-,24-,25-,26-,27-,28-,29-,30-,31-/m1/s1. The SMILES string of the molecule is CC[C@@H](C)[C@@H](NC(=O)[C@@H](CO)NC(=O)[C@@H](CCCN=C(N)N)NC(=O)[C@@H](CC(C)C)NC(=O)[C@@H](CC(C)C)NC(=O)[C@@H](C)NC(=O)[C@H](N)CO)C(=O)N1CCC[C@@H]1C(=O)N[C@H](C)C(=O)O. The van der Waals surface area contributed by atoms with E-state index < -0.39 is 127 Å². The van der Waals surface area contributed by atoms with E-state index in [2.05, 4.69) is 42.2 Å². The maximum atomic E-state index is 14.0. The quantitative estimate of drug-likeness (QED) is 0.0202. The smallest absolute Gasteiger partial charge is 0.325 e. The van der Waals surface area contributed by atoms with E-state index in [9.17, 15) is 58.5 Å². The first-order chi connectivity index (χ1) is 30.4. The van der Waals surface area contributed by atoms with E-state index in [0.29, 0.717) is 12.8 Å². The number of amides is 8. The molecule has 0 radical (unpaired) electrons. The Hall–Kier alpha value is -5.62. The van der Waals surface area contributed by atoms with Gasteiger partial charge in [-0.2, -0.15) is 0 Å². The Morgan fingerprint density at radius 3 is 1.66 bits per heavy atom. The second kappa shape index (κ2) is 28.3. The number of guanidine groups is 1. The van der Waals surface area contributed by atoms with Crippen LogP contribution in [0.15, 0.2) is 4.99 Å². The van der Waals surface area contributed by atoms with Crippen molar-refractivity contribution in [3.8, 4) is 0 Å². The molecule has 1 saturated heterocycles. The number of carbonyl (C=O) groups excluding carboxylic acids is 8. The van der Waals surface area contributed by atoms with Gasteiger partial charge in [-0.3, -0.25) is 48.1 Å². The summed E-state index contributed by atoms with van der Waals surface area (Å²) in [7, 11) is 0. The number of hydrogen-bond donors (Lipinski definition) is 13. The first kappa shape index (κ1) is 57.4. The molecule has 16 N–H and O–H groups in total. The lowest BCUT2D eigenvalue weighted by Gasteiger charge is -2.32. The number of carbonyl (C=O) groups is 9. The summed E-state index contributed by atoms with van der Waals surface area (Å²) >= 11 is 0. The highest BCUT2D eigenvalue weighted by Crippen LogP contribution is 2.22. The highest BCUT2D eigenvalue weighted by molar-refractivity contribution is 5.98. The summed E-state index contributed by atoms with van der Waals surface area (Å²) in [5.41, 5.74) is 16.5. The molecule has 370 valence electrons. The summed E-state index contributed by atoms with van der Waals surface area (Å²) < 4.78 is 0. The molecule has 0 bridgehead atoms. The number of nitrogens with two attached hydrogens (primary N) is 3. The number of nitrogens with zero attached hydrogens (tertiary/aromatic N) is 2. The van der Waals surface area contributed by atoms with E-state index in [4.69, 9.17) is 17.2 Å². The normalized spacial score (nSPS) is 17.7. The van der Waals surface area contributed by atoms with Crippen molar-refractivity contribution >= 4 is 59.2 Å². The van der Waals surface area contributed by atoms with E-state index in [0.717, 1.165) is 0 Å². The zero-order valence-electron chi connectivity index (χ0n) is 38.8. The minimum Gasteiger partial charge on any atom is -0.480 e. The van der Waals surface area contributed by atoms with Crippen LogP contribution < -0.4 is 54.4 Å². The Balaban J connectivity index is 3.36. The molecule has 0 aromatic heterocycles. The molecule has 0 spiro atoms. The average molecular weight is 927 g/mol. The first-order valence-corrected chi connectivity index (χ1v) is 22.1. The van der Waals surface area contributed by atoms with Crippen molar-refractivity contribution < 1.29 is 58.5 Å². The average Bonchev–Trinajstić information content (AvgIpc) is 3.74. The van der Waals surface area contributed by atoms with Crippen LogP contribution in [-0.2, 0) is 43.2 Å². The number of aliphatic hydroxyl groups excluding tert-OH is 2. The number of aliphatic imine (C=N–C) groups is 1. The molecule has 24 heteroatoms. The highest BCUT2D eigenvalue weighted by atomic mass is 16.4. The van der Waals surface area contributed by atoms with Crippen LogP contribution in [0.5, 0.6) is 0 Å². The van der Waals surface area contributed by atoms with Gasteiger partial charge in [0.1, 0.15) is 54.4 Å². The Kier molecular flexibility index (Phi) is 25.0. The first-order valence-electron chi connectivity index (χ1n) is 22.1. The van der Waals surface area contributed by atoms with Gasteiger partial charge in [0.2, 0.25) is 47.3 Å². The van der Waals surface area contributed by atoms with Crippen LogP contribution in [0, 0.1) is 17.8 Å². The van der Waals surface area contributed by atoms with Gasteiger partial charge in [0, 0.05) is 13.1 Å². The molecule has 1 aliphatic rings. The maximum Gasteiger partial charge on any atom is 0.325 e. The number of aliphatic hydroxyl groups is 2. The maximum absolute atomic E-state index is 14.0. The molecule has 0 aliphatic carbocycles. The van der Waals surface area contributed by atoms with Crippen LogP contribution in [0.3, 0.4) is 0 Å². The molecule has 0 unspecified atom stereocenters. The number of carboxylic acids is 1. The minimum atomic E-state index is -1.63. The molecule has 1 fully saturated rings. The zero-order valence-corrected chi connectivity index (χ0v) is 38.8. The van der Waals surface area contributed by atoms with Gasteiger partial charge >= 0.3 is 5.97 Å². The summed E-state index contributed by atoms with van der Waals surface area (Å²) in [5, 5.41) is 46.5. The number of hydrogen-bond acceptors (Lipinski definition) is 13. The number of aliphatic carboxylic acids is 1. The summed E-state index contributed by atoms with van der Waals surface area (Å²) in [5.74, 6) is -8.45. The van der Waals surface area contributed by atoms with Gasteiger partial charge in [0.05, 0.1) is 13.2 Å². The van der Waals surface area contributed by atoms with Crippen LogP contribution in [0.4, 0.5) is 0 Å². The largest absolute Gasteiger partial charge is 0.480 e. The van der Waals surface area contributed by atoms with Gasteiger partial charge in [0.25, 0.3) is 0 Å². The van der Waals surface area contributed by atoms with Crippen molar-refractivity contribution in [2.45, 2.75) is 155 Å². The molecule has 1 aliphatic heterocycles. The van der Waals surface area contributed by atoms with E-state index in [1.807, 2.05) is 0 Å². The van der Waals surface area contributed by atoms with Gasteiger partial charge in [0.15, 0.2) is 5.96 Å². The topological polar surface area (TPSA) is 392 Å². The van der Waals surface area contributed by atoms with Crippen LogP contribution in [0.1, 0.15) is 100 Å². The third-order valence-corrected chi connectivity index (χ3v) is 10.7. The third kappa shape index (κ3) is 19.6. The molecule has 8 amide bonds. The Bertz CT molecular complexity index is 1680. The predicted octanol–water partition coefficient (Wildman–Crippen LogP) is -4.00. The van der Waals surface area contributed by atoms with Crippen LogP contribution >= 0.6 is 0 Å². The van der Waals surface area contributed by atoms with E-state index in [1.54, 1.807) is 41.5 Å². The number of likely N-dealkylation sites (tertiary alicyclic amines) is 1. The third-order valence-electron chi connectivity index (χ3n) is 10.7. The summed E-state index contributed by atoms with van der Waals surface area (Å²) in [6, 6.07) is -11.3. The van der Waals surface area contributed by atoms with Gasteiger partial charge in [-0.05, 0) is 70.1 Å². The van der Waals surface area contributed by atoms with Crippen LogP contribution in [0.2, 0.25) is 0 Å². The van der Waals surface area contributed by atoms with E-state index in [-0.39, 0.29) is 63.0 Å². The molecule has 0 saturated carbocycles. The zero-order chi connectivity index (χ0) is 49.7.